The molecule has 1 amide bonds. The normalized spacial score (nSPS) is 21.9. The maximum atomic E-state index is 13.9. The van der Waals surface area contributed by atoms with Crippen molar-refractivity contribution in [3.8, 4) is 0 Å². The molecule has 34 heavy (non-hydrogen) atoms. The van der Waals surface area contributed by atoms with Crippen LogP contribution in [0.2, 0.25) is 0 Å². The summed E-state index contributed by atoms with van der Waals surface area (Å²) in [6, 6.07) is 18.5. The fourth-order valence-electron chi connectivity index (χ4n) is 5.17. The molecule has 2 aliphatic rings. The van der Waals surface area contributed by atoms with E-state index in [1.807, 2.05) is 43.3 Å². The van der Waals surface area contributed by atoms with Gasteiger partial charge in [0, 0.05) is 44.6 Å². The quantitative estimate of drug-likeness (QED) is 0.534. The Morgan fingerprint density at radius 3 is 2.62 bits per heavy atom. The van der Waals surface area contributed by atoms with Crippen molar-refractivity contribution in [1.82, 2.24) is 15.2 Å². The number of hydrogen-bond donors (Lipinski definition) is 1. The first-order chi connectivity index (χ1) is 16.6. The number of nitrogens with one attached hydrogen (secondary N) is 1. The summed E-state index contributed by atoms with van der Waals surface area (Å²) in [4.78, 5) is 21.2. The molecule has 2 saturated heterocycles. The second-order valence-electron chi connectivity index (χ2n) is 9.50. The Labute approximate surface area is 205 Å². The van der Waals surface area contributed by atoms with Crippen LogP contribution < -0.4 is 5.32 Å². The SMILES string of the molecule is CC(Cc1nc2ccccc2s1)(C(=O)NCC(C1CCOC1)N1CCOCC1)c1ccccc1. The number of hydrogen-bond acceptors (Lipinski definition) is 6. The molecule has 7 heteroatoms. The molecule has 180 valence electrons. The lowest BCUT2D eigenvalue weighted by Crippen LogP contribution is -2.54. The number of ether oxygens (including phenoxy) is 2. The van der Waals surface area contributed by atoms with Gasteiger partial charge < -0.3 is 14.8 Å². The zero-order chi connectivity index (χ0) is 23.4. The first-order valence-corrected chi connectivity index (χ1v) is 13.0. The highest BCUT2D eigenvalue weighted by Gasteiger charge is 2.38. The van der Waals surface area contributed by atoms with Crippen molar-refractivity contribution >= 4 is 27.5 Å². The van der Waals surface area contributed by atoms with E-state index in [0.717, 1.165) is 66.7 Å². The Bertz CT molecular complexity index is 1060. The number of para-hydroxylation sites is 1. The maximum Gasteiger partial charge on any atom is 0.230 e. The van der Waals surface area contributed by atoms with Crippen LogP contribution in [0, 0.1) is 5.92 Å². The third-order valence-electron chi connectivity index (χ3n) is 7.25. The Balaban J connectivity index is 1.37. The van der Waals surface area contributed by atoms with Crippen molar-refractivity contribution < 1.29 is 14.3 Å². The summed E-state index contributed by atoms with van der Waals surface area (Å²) >= 11 is 1.67. The highest BCUT2D eigenvalue weighted by molar-refractivity contribution is 7.18. The zero-order valence-corrected chi connectivity index (χ0v) is 20.6. The monoisotopic (exact) mass is 479 g/mol. The van der Waals surface area contributed by atoms with Crippen LogP contribution in [0.4, 0.5) is 0 Å². The van der Waals surface area contributed by atoms with E-state index in [2.05, 4.69) is 28.4 Å². The molecule has 3 heterocycles. The lowest BCUT2D eigenvalue weighted by molar-refractivity contribution is -0.126. The summed E-state index contributed by atoms with van der Waals surface area (Å²) in [6.07, 6.45) is 1.61. The van der Waals surface area contributed by atoms with Crippen LogP contribution in [0.5, 0.6) is 0 Å². The van der Waals surface area contributed by atoms with E-state index in [-0.39, 0.29) is 11.9 Å². The number of fused-ring (bicyclic) bond motifs is 1. The molecule has 1 N–H and O–H groups in total. The molecule has 0 aliphatic carbocycles. The number of morpholine rings is 1. The molecule has 0 spiro atoms. The molecule has 5 rings (SSSR count). The topological polar surface area (TPSA) is 63.7 Å². The van der Waals surface area contributed by atoms with Crippen LogP contribution in [0.25, 0.3) is 10.2 Å². The summed E-state index contributed by atoms with van der Waals surface area (Å²) in [7, 11) is 0. The van der Waals surface area contributed by atoms with E-state index in [1.165, 1.54) is 0 Å². The van der Waals surface area contributed by atoms with Crippen molar-refractivity contribution in [2.24, 2.45) is 5.92 Å². The van der Waals surface area contributed by atoms with Gasteiger partial charge in [0.15, 0.2) is 0 Å². The van der Waals surface area contributed by atoms with Gasteiger partial charge in [-0.3, -0.25) is 9.69 Å². The Morgan fingerprint density at radius 1 is 1.12 bits per heavy atom. The van der Waals surface area contributed by atoms with Crippen LogP contribution in [0.3, 0.4) is 0 Å². The minimum Gasteiger partial charge on any atom is -0.381 e. The number of rotatable bonds is 8. The van der Waals surface area contributed by atoms with Gasteiger partial charge in [0.05, 0.1) is 40.5 Å². The van der Waals surface area contributed by atoms with Gasteiger partial charge in [-0.2, -0.15) is 0 Å². The lowest BCUT2D eigenvalue weighted by atomic mass is 9.78. The van der Waals surface area contributed by atoms with Crippen molar-refractivity contribution in [2.75, 3.05) is 46.1 Å². The minimum absolute atomic E-state index is 0.0510. The molecule has 3 atom stereocenters. The summed E-state index contributed by atoms with van der Waals surface area (Å²) in [6.45, 7) is 7.53. The van der Waals surface area contributed by atoms with E-state index in [1.54, 1.807) is 11.3 Å². The predicted molar refractivity (Wildman–Crippen MR) is 135 cm³/mol. The van der Waals surface area contributed by atoms with Gasteiger partial charge in [-0.05, 0) is 31.0 Å². The minimum atomic E-state index is -0.711. The average molecular weight is 480 g/mol. The van der Waals surface area contributed by atoms with Gasteiger partial charge in [0.1, 0.15) is 0 Å². The number of benzene rings is 2. The summed E-state index contributed by atoms with van der Waals surface area (Å²) in [5.74, 6) is 0.487. The first-order valence-electron chi connectivity index (χ1n) is 12.2. The summed E-state index contributed by atoms with van der Waals surface area (Å²) in [5.41, 5.74) is 1.29. The molecule has 6 nitrogen and oxygen atoms in total. The van der Waals surface area contributed by atoms with Gasteiger partial charge in [0.25, 0.3) is 0 Å². The molecule has 2 fully saturated rings. The van der Waals surface area contributed by atoms with Gasteiger partial charge in [-0.15, -0.1) is 11.3 Å². The van der Waals surface area contributed by atoms with Gasteiger partial charge >= 0.3 is 0 Å². The lowest BCUT2D eigenvalue weighted by Gasteiger charge is -2.38. The highest BCUT2D eigenvalue weighted by Crippen LogP contribution is 2.32. The maximum absolute atomic E-state index is 13.9. The molecule has 0 radical (unpaired) electrons. The Morgan fingerprint density at radius 2 is 1.88 bits per heavy atom. The van der Waals surface area contributed by atoms with E-state index in [9.17, 15) is 4.79 Å². The fraction of sp³-hybridized carbons (Fsp3) is 0.481. The second kappa shape index (κ2) is 10.5. The smallest absolute Gasteiger partial charge is 0.230 e. The van der Waals surface area contributed by atoms with Crippen LogP contribution in [0.15, 0.2) is 54.6 Å². The third kappa shape index (κ3) is 5.03. The van der Waals surface area contributed by atoms with Crippen LogP contribution in [-0.4, -0.2) is 67.9 Å². The van der Waals surface area contributed by atoms with E-state index < -0.39 is 5.41 Å². The number of aromatic nitrogens is 1. The van der Waals surface area contributed by atoms with E-state index >= 15 is 0 Å². The molecular weight excluding hydrogens is 446 g/mol. The standard InChI is InChI=1S/C27H33N3O3S/c1-27(21-7-3-2-4-8-21,17-25-29-22-9-5-6-10-24(22)34-25)26(31)28-18-23(20-11-14-33-19-20)30-12-15-32-16-13-30/h2-10,20,23H,11-19H2,1H3,(H,28,31). The molecule has 3 unspecified atom stereocenters. The average Bonchev–Trinajstić information content (AvgIpc) is 3.55. The Kier molecular flexibility index (Phi) is 7.25. The van der Waals surface area contributed by atoms with Crippen LogP contribution in [0.1, 0.15) is 23.9 Å². The third-order valence-corrected chi connectivity index (χ3v) is 8.29. The summed E-state index contributed by atoms with van der Waals surface area (Å²) < 4.78 is 12.4. The molecule has 3 aromatic rings. The fourth-order valence-corrected chi connectivity index (χ4v) is 6.29. The molecule has 0 saturated carbocycles. The number of amides is 1. The number of carbonyl (C=O) groups is 1. The molecular formula is C27H33N3O3S. The van der Waals surface area contributed by atoms with Crippen molar-refractivity contribution in [2.45, 2.75) is 31.2 Å². The van der Waals surface area contributed by atoms with Crippen molar-refractivity contribution in [1.29, 1.82) is 0 Å². The van der Waals surface area contributed by atoms with Gasteiger partial charge in [-0.1, -0.05) is 42.5 Å². The van der Waals surface area contributed by atoms with E-state index in [4.69, 9.17) is 14.5 Å². The largest absolute Gasteiger partial charge is 0.381 e. The van der Waals surface area contributed by atoms with Gasteiger partial charge in [-0.25, -0.2) is 4.98 Å². The van der Waals surface area contributed by atoms with Crippen molar-refractivity contribution in [3.63, 3.8) is 0 Å². The van der Waals surface area contributed by atoms with Gasteiger partial charge in [0.2, 0.25) is 5.91 Å². The Hall–Kier alpha value is -2.32. The predicted octanol–water partition coefficient (Wildman–Crippen LogP) is 3.65. The zero-order valence-electron chi connectivity index (χ0n) is 19.7. The molecule has 0 bridgehead atoms. The number of nitrogens with zero attached hydrogens (tertiary/aromatic N) is 2. The molecule has 2 aromatic carbocycles. The molecule has 1 aromatic heterocycles. The number of carbonyl (C=O) groups excluding carboxylic acids is 1. The summed E-state index contributed by atoms with van der Waals surface area (Å²) in [5, 5.41) is 4.33. The van der Waals surface area contributed by atoms with Crippen molar-refractivity contribution in [3.05, 3.63) is 65.2 Å². The molecule has 2 aliphatic heterocycles. The number of thiazole rings is 1. The van der Waals surface area contributed by atoms with Crippen LogP contribution >= 0.6 is 11.3 Å². The second-order valence-corrected chi connectivity index (χ2v) is 10.6. The first kappa shape index (κ1) is 23.4. The van der Waals surface area contributed by atoms with Crippen LogP contribution in [-0.2, 0) is 26.1 Å². The van der Waals surface area contributed by atoms with E-state index in [0.29, 0.717) is 18.9 Å². The highest BCUT2D eigenvalue weighted by atomic mass is 32.1.